The van der Waals surface area contributed by atoms with Crippen molar-refractivity contribution < 1.29 is 9.90 Å². The first-order chi connectivity index (χ1) is 16.8. The first-order valence-corrected chi connectivity index (χ1v) is 12.8. The Hall–Kier alpha value is -3.27. The molecule has 0 aliphatic heterocycles. The highest BCUT2D eigenvalue weighted by molar-refractivity contribution is 5.70. The van der Waals surface area contributed by atoms with Gasteiger partial charge in [-0.15, -0.1) is 0 Å². The topological polar surface area (TPSA) is 43.8 Å². The average Bonchev–Trinajstić information content (AvgIpc) is 2.84. The highest BCUT2D eigenvalue weighted by Crippen LogP contribution is 2.38. The SMILES string of the molecule is CCN(CC)c1ccc(C(c2ccc(CC(=O)O)cc2)c2ccc(N(CC)CC)cc2C)c(C)c1. The summed E-state index contributed by atoms with van der Waals surface area (Å²) in [6, 6.07) is 21.7. The van der Waals surface area contributed by atoms with E-state index in [0.717, 1.165) is 31.7 Å². The molecule has 0 bridgehead atoms. The van der Waals surface area contributed by atoms with Gasteiger partial charge in [0, 0.05) is 43.5 Å². The molecular weight excluding hydrogens is 432 g/mol. The third-order valence-electron chi connectivity index (χ3n) is 7.05. The molecule has 0 amide bonds. The molecule has 35 heavy (non-hydrogen) atoms. The molecule has 1 N–H and O–H groups in total. The third kappa shape index (κ3) is 6.05. The summed E-state index contributed by atoms with van der Waals surface area (Å²) in [4.78, 5) is 15.9. The molecule has 3 aromatic carbocycles. The van der Waals surface area contributed by atoms with Gasteiger partial charge in [0.05, 0.1) is 6.42 Å². The minimum absolute atomic E-state index is 0.0418. The van der Waals surface area contributed by atoms with Crippen LogP contribution in [-0.4, -0.2) is 37.3 Å². The zero-order valence-corrected chi connectivity index (χ0v) is 22.1. The van der Waals surface area contributed by atoms with E-state index in [2.05, 4.69) is 99.9 Å². The van der Waals surface area contributed by atoms with E-state index in [1.54, 1.807) is 0 Å². The molecule has 0 radical (unpaired) electrons. The molecule has 3 aromatic rings. The van der Waals surface area contributed by atoms with Crippen molar-refractivity contribution in [2.75, 3.05) is 36.0 Å². The van der Waals surface area contributed by atoms with Crippen LogP contribution in [0.4, 0.5) is 11.4 Å². The summed E-state index contributed by atoms with van der Waals surface area (Å²) < 4.78 is 0. The van der Waals surface area contributed by atoms with Crippen molar-refractivity contribution >= 4 is 17.3 Å². The highest BCUT2D eigenvalue weighted by atomic mass is 16.4. The Morgan fingerprint density at radius 2 is 1.14 bits per heavy atom. The van der Waals surface area contributed by atoms with Crippen molar-refractivity contribution in [3.63, 3.8) is 0 Å². The molecule has 4 heteroatoms. The lowest BCUT2D eigenvalue weighted by Gasteiger charge is -2.27. The molecule has 0 aromatic heterocycles. The number of carbonyl (C=O) groups is 1. The number of carboxylic acids is 1. The molecule has 4 nitrogen and oxygen atoms in total. The largest absolute Gasteiger partial charge is 0.481 e. The minimum Gasteiger partial charge on any atom is -0.481 e. The molecular formula is C31H40N2O2. The highest BCUT2D eigenvalue weighted by Gasteiger charge is 2.22. The summed E-state index contributed by atoms with van der Waals surface area (Å²) in [5, 5.41) is 9.19. The molecule has 0 unspecified atom stereocenters. The fourth-order valence-corrected chi connectivity index (χ4v) is 5.07. The van der Waals surface area contributed by atoms with Gasteiger partial charge >= 0.3 is 5.97 Å². The molecule has 3 rings (SSSR count). The number of rotatable bonds is 11. The average molecular weight is 473 g/mol. The number of aliphatic carboxylic acids is 1. The minimum atomic E-state index is -0.806. The normalized spacial score (nSPS) is 11.1. The fourth-order valence-electron chi connectivity index (χ4n) is 5.07. The Bertz CT molecular complexity index is 1070. The van der Waals surface area contributed by atoms with Crippen LogP contribution in [0.1, 0.15) is 67.0 Å². The second-order valence-electron chi connectivity index (χ2n) is 9.17. The Morgan fingerprint density at radius 3 is 1.49 bits per heavy atom. The third-order valence-corrected chi connectivity index (χ3v) is 7.05. The monoisotopic (exact) mass is 472 g/mol. The summed E-state index contributed by atoms with van der Waals surface area (Å²) in [6.07, 6.45) is 0.0418. The van der Waals surface area contributed by atoms with E-state index in [-0.39, 0.29) is 12.3 Å². The number of carboxylic acid groups (broad SMARTS) is 1. The van der Waals surface area contributed by atoms with Gasteiger partial charge in [-0.3, -0.25) is 4.79 Å². The van der Waals surface area contributed by atoms with E-state index in [1.165, 1.54) is 39.2 Å². The number of nitrogens with zero attached hydrogens (tertiary/aromatic N) is 2. The number of hydrogen-bond donors (Lipinski definition) is 1. The van der Waals surface area contributed by atoms with Crippen molar-refractivity contribution in [1.29, 1.82) is 0 Å². The Labute approximate surface area is 211 Å². The van der Waals surface area contributed by atoms with Gasteiger partial charge in [-0.2, -0.15) is 0 Å². The van der Waals surface area contributed by atoms with Gasteiger partial charge in [-0.05, 0) is 99.2 Å². The van der Waals surface area contributed by atoms with Gasteiger partial charge in [-0.25, -0.2) is 0 Å². The summed E-state index contributed by atoms with van der Waals surface area (Å²) in [6.45, 7) is 17.1. The summed E-state index contributed by atoms with van der Waals surface area (Å²) in [5.41, 5.74) is 9.60. The molecule has 0 aliphatic rings. The van der Waals surface area contributed by atoms with Gasteiger partial charge in [0.25, 0.3) is 0 Å². The van der Waals surface area contributed by atoms with Crippen LogP contribution in [0.2, 0.25) is 0 Å². The molecule has 0 aliphatic carbocycles. The van der Waals surface area contributed by atoms with E-state index in [0.29, 0.717) is 0 Å². The van der Waals surface area contributed by atoms with Crippen LogP contribution in [0.5, 0.6) is 0 Å². The number of hydrogen-bond acceptors (Lipinski definition) is 3. The zero-order chi connectivity index (χ0) is 25.5. The summed E-state index contributed by atoms with van der Waals surface area (Å²) in [7, 11) is 0. The molecule has 0 saturated heterocycles. The van der Waals surface area contributed by atoms with E-state index >= 15 is 0 Å². The molecule has 0 fully saturated rings. The quantitative estimate of drug-likeness (QED) is 0.312. The van der Waals surface area contributed by atoms with Crippen molar-refractivity contribution in [1.82, 2.24) is 0 Å². The van der Waals surface area contributed by atoms with Gasteiger partial charge in [0.1, 0.15) is 0 Å². The predicted octanol–water partition coefficient (Wildman–Crippen LogP) is 6.80. The van der Waals surface area contributed by atoms with Crippen LogP contribution in [0.15, 0.2) is 60.7 Å². The van der Waals surface area contributed by atoms with Gasteiger partial charge in [-0.1, -0.05) is 36.4 Å². The maximum Gasteiger partial charge on any atom is 0.307 e. The van der Waals surface area contributed by atoms with Crippen LogP contribution in [-0.2, 0) is 11.2 Å². The number of anilines is 2. The number of aryl methyl sites for hydroxylation is 2. The summed E-state index contributed by atoms with van der Waals surface area (Å²) >= 11 is 0. The number of benzene rings is 3. The Kier molecular flexibility index (Phi) is 8.97. The Morgan fingerprint density at radius 1 is 0.714 bits per heavy atom. The van der Waals surface area contributed by atoms with Gasteiger partial charge in [0.15, 0.2) is 0 Å². The fraction of sp³-hybridized carbons (Fsp3) is 0.387. The van der Waals surface area contributed by atoms with Crippen LogP contribution in [0, 0.1) is 13.8 Å². The predicted molar refractivity (Wildman–Crippen MR) is 148 cm³/mol. The van der Waals surface area contributed by atoms with E-state index in [9.17, 15) is 9.90 Å². The van der Waals surface area contributed by atoms with E-state index in [4.69, 9.17) is 0 Å². The first-order valence-electron chi connectivity index (χ1n) is 12.8. The first kappa shape index (κ1) is 26.3. The molecule has 0 spiro atoms. The maximum absolute atomic E-state index is 11.2. The van der Waals surface area contributed by atoms with E-state index in [1.807, 2.05) is 12.1 Å². The standard InChI is InChI=1S/C31H40N2O2/c1-7-32(8-2)26-15-17-28(22(5)19-26)31(25-13-11-24(12-14-25)21-30(34)35)29-18-16-27(20-23(29)6)33(9-3)10-4/h11-20,31H,7-10,21H2,1-6H3,(H,34,35). The van der Waals surface area contributed by atoms with Crippen LogP contribution in [0.3, 0.4) is 0 Å². The van der Waals surface area contributed by atoms with Crippen molar-refractivity contribution in [3.05, 3.63) is 94.0 Å². The second-order valence-corrected chi connectivity index (χ2v) is 9.17. The smallest absolute Gasteiger partial charge is 0.307 e. The van der Waals surface area contributed by atoms with Crippen LogP contribution in [0.25, 0.3) is 0 Å². The second kappa shape index (κ2) is 11.9. The Balaban J connectivity index is 2.13. The lowest BCUT2D eigenvalue weighted by Crippen LogP contribution is -2.22. The van der Waals surface area contributed by atoms with Crippen molar-refractivity contribution in [2.24, 2.45) is 0 Å². The maximum atomic E-state index is 11.2. The molecule has 0 heterocycles. The summed E-state index contributed by atoms with van der Waals surface area (Å²) in [5.74, 6) is -0.731. The lowest BCUT2D eigenvalue weighted by atomic mass is 9.80. The van der Waals surface area contributed by atoms with Gasteiger partial charge < -0.3 is 14.9 Å². The molecule has 0 atom stereocenters. The van der Waals surface area contributed by atoms with Gasteiger partial charge in [0.2, 0.25) is 0 Å². The van der Waals surface area contributed by atoms with Crippen molar-refractivity contribution in [3.8, 4) is 0 Å². The molecule has 186 valence electrons. The molecule has 0 saturated carbocycles. The van der Waals surface area contributed by atoms with E-state index < -0.39 is 5.97 Å². The lowest BCUT2D eigenvalue weighted by molar-refractivity contribution is -0.136. The van der Waals surface area contributed by atoms with Crippen molar-refractivity contribution in [2.45, 2.75) is 53.9 Å². The zero-order valence-electron chi connectivity index (χ0n) is 22.1. The van der Waals surface area contributed by atoms with Crippen LogP contribution < -0.4 is 9.80 Å². The van der Waals surface area contributed by atoms with Crippen LogP contribution >= 0.6 is 0 Å².